The highest BCUT2D eigenvalue weighted by Gasteiger charge is 2.10. The van der Waals surface area contributed by atoms with Crippen molar-refractivity contribution in [2.24, 2.45) is 0 Å². The largest absolute Gasteiger partial charge is 0.506 e. The van der Waals surface area contributed by atoms with Crippen LogP contribution in [0.1, 0.15) is 4.88 Å². The van der Waals surface area contributed by atoms with E-state index in [0.717, 1.165) is 13.7 Å². The van der Waals surface area contributed by atoms with Gasteiger partial charge in [-0.2, -0.15) is 5.26 Å². The van der Waals surface area contributed by atoms with Crippen molar-refractivity contribution in [2.75, 3.05) is 0 Å². The topological polar surface area (TPSA) is 44.0 Å². The summed E-state index contributed by atoms with van der Waals surface area (Å²) in [5, 5.41) is 19.2. The third-order valence-electron chi connectivity index (χ3n) is 1.74. The van der Waals surface area contributed by atoms with Crippen LogP contribution in [0.25, 0.3) is 10.1 Å². The van der Waals surface area contributed by atoms with Crippen LogP contribution in [-0.4, -0.2) is 5.11 Å². The number of hydrogen-bond acceptors (Lipinski definition) is 3. The van der Waals surface area contributed by atoms with E-state index in [1.54, 1.807) is 12.1 Å². The first-order valence-corrected chi connectivity index (χ1v) is 5.43. The number of rotatable bonds is 0. The van der Waals surface area contributed by atoms with E-state index in [0.29, 0.717) is 4.88 Å². The number of benzene rings is 1. The van der Waals surface area contributed by atoms with E-state index in [1.807, 2.05) is 6.07 Å². The van der Waals surface area contributed by atoms with Gasteiger partial charge in [-0.3, -0.25) is 0 Å². The Hall–Kier alpha value is -0.800. The molecule has 0 saturated carbocycles. The van der Waals surface area contributed by atoms with E-state index in [4.69, 9.17) is 5.26 Å². The van der Waals surface area contributed by atoms with Crippen LogP contribution in [0.2, 0.25) is 0 Å². The van der Waals surface area contributed by atoms with Crippen LogP contribution in [0.4, 0.5) is 0 Å². The number of phenols is 1. The van der Waals surface area contributed by atoms with Crippen LogP contribution in [0.3, 0.4) is 0 Å². The van der Waals surface area contributed by atoms with E-state index < -0.39 is 0 Å². The molecule has 0 radical (unpaired) electrons. The van der Waals surface area contributed by atoms with E-state index in [9.17, 15) is 5.11 Å². The SMILES string of the molecule is N#Cc1sc2c(O)cccc2c1I. The Morgan fingerprint density at radius 2 is 2.23 bits per heavy atom. The summed E-state index contributed by atoms with van der Waals surface area (Å²) < 4.78 is 1.72. The molecule has 1 N–H and O–H groups in total. The fraction of sp³-hybridized carbons (Fsp3) is 0. The molecule has 4 heteroatoms. The molecule has 2 nitrogen and oxygen atoms in total. The van der Waals surface area contributed by atoms with Gasteiger partial charge in [0, 0.05) is 8.96 Å². The molecule has 2 aromatic rings. The Morgan fingerprint density at radius 1 is 1.46 bits per heavy atom. The number of phenolic OH excluding ortho intramolecular Hbond substituents is 1. The lowest BCUT2D eigenvalue weighted by Crippen LogP contribution is -1.70. The van der Waals surface area contributed by atoms with Crippen molar-refractivity contribution in [1.82, 2.24) is 0 Å². The zero-order valence-corrected chi connectivity index (χ0v) is 9.39. The van der Waals surface area contributed by atoms with Gasteiger partial charge < -0.3 is 5.11 Å². The lowest BCUT2D eigenvalue weighted by molar-refractivity contribution is 0.482. The fourth-order valence-corrected chi connectivity index (χ4v) is 3.13. The van der Waals surface area contributed by atoms with E-state index in [2.05, 4.69) is 28.7 Å². The second-order valence-corrected chi connectivity index (χ2v) is 4.61. The Morgan fingerprint density at radius 3 is 2.85 bits per heavy atom. The van der Waals surface area contributed by atoms with Crippen LogP contribution in [0, 0.1) is 14.9 Å². The smallest absolute Gasteiger partial charge is 0.133 e. The minimum Gasteiger partial charge on any atom is -0.506 e. The van der Waals surface area contributed by atoms with Gasteiger partial charge >= 0.3 is 0 Å². The number of aromatic hydroxyl groups is 1. The molecule has 0 amide bonds. The van der Waals surface area contributed by atoms with Crippen molar-refractivity contribution in [3.05, 3.63) is 26.6 Å². The van der Waals surface area contributed by atoms with Crippen LogP contribution in [-0.2, 0) is 0 Å². The Bertz CT molecular complexity index is 512. The molecule has 13 heavy (non-hydrogen) atoms. The van der Waals surface area contributed by atoms with Gasteiger partial charge in [-0.25, -0.2) is 0 Å². The van der Waals surface area contributed by atoms with Gasteiger partial charge in [0.1, 0.15) is 16.7 Å². The molecule has 1 heterocycles. The summed E-state index contributed by atoms with van der Waals surface area (Å²) in [5.41, 5.74) is 0. The second kappa shape index (κ2) is 3.16. The lowest BCUT2D eigenvalue weighted by Gasteiger charge is -1.92. The Kier molecular flexibility index (Phi) is 2.14. The number of hydrogen-bond donors (Lipinski definition) is 1. The van der Waals surface area contributed by atoms with Crippen LogP contribution < -0.4 is 0 Å². The van der Waals surface area contributed by atoms with Gasteiger partial charge in [0.05, 0.1) is 4.70 Å². The molecule has 2 rings (SSSR count). The zero-order valence-electron chi connectivity index (χ0n) is 6.41. The molecular formula is C9H4INOS. The normalized spacial score (nSPS) is 10.2. The average molecular weight is 301 g/mol. The number of thiophene rings is 1. The molecular weight excluding hydrogens is 297 g/mol. The Labute approximate surface area is 92.6 Å². The monoisotopic (exact) mass is 301 g/mol. The molecule has 0 atom stereocenters. The van der Waals surface area contributed by atoms with Gasteiger partial charge in [-0.1, -0.05) is 12.1 Å². The van der Waals surface area contributed by atoms with Crippen LogP contribution in [0.15, 0.2) is 18.2 Å². The van der Waals surface area contributed by atoms with Crippen molar-refractivity contribution in [3.8, 4) is 11.8 Å². The first-order chi connectivity index (χ1) is 6.24. The summed E-state index contributed by atoms with van der Waals surface area (Å²) in [6.45, 7) is 0. The molecule has 0 spiro atoms. The standard InChI is InChI=1S/C9H4INOS/c10-8-5-2-1-3-6(12)9(5)13-7(8)4-11/h1-3,12H. The summed E-state index contributed by atoms with van der Waals surface area (Å²) >= 11 is 3.46. The first-order valence-electron chi connectivity index (χ1n) is 3.54. The number of nitriles is 1. The molecule has 0 fully saturated rings. The van der Waals surface area contributed by atoms with Gasteiger partial charge in [0.25, 0.3) is 0 Å². The molecule has 0 bridgehead atoms. The van der Waals surface area contributed by atoms with Crippen molar-refractivity contribution < 1.29 is 5.11 Å². The third-order valence-corrected chi connectivity index (χ3v) is 4.35. The molecule has 0 aliphatic rings. The molecule has 1 aromatic carbocycles. The summed E-state index contributed by atoms with van der Waals surface area (Å²) in [6.07, 6.45) is 0. The number of nitrogens with zero attached hydrogens (tertiary/aromatic N) is 1. The van der Waals surface area contributed by atoms with Gasteiger partial charge in [0.2, 0.25) is 0 Å². The maximum atomic E-state index is 9.50. The summed E-state index contributed by atoms with van der Waals surface area (Å²) in [5.74, 6) is 0.252. The van der Waals surface area contributed by atoms with Crippen molar-refractivity contribution in [1.29, 1.82) is 5.26 Å². The van der Waals surface area contributed by atoms with E-state index >= 15 is 0 Å². The van der Waals surface area contributed by atoms with E-state index in [1.165, 1.54) is 11.3 Å². The highest BCUT2D eigenvalue weighted by atomic mass is 127. The Balaban J connectivity index is 2.94. The molecule has 64 valence electrons. The molecule has 1 aromatic heterocycles. The van der Waals surface area contributed by atoms with Gasteiger partial charge in [-0.15, -0.1) is 11.3 Å². The third kappa shape index (κ3) is 1.28. The maximum Gasteiger partial charge on any atom is 0.133 e. The fourth-order valence-electron chi connectivity index (χ4n) is 1.15. The van der Waals surface area contributed by atoms with Crippen molar-refractivity contribution in [2.45, 2.75) is 0 Å². The zero-order chi connectivity index (χ0) is 9.42. The highest BCUT2D eigenvalue weighted by molar-refractivity contribution is 14.1. The van der Waals surface area contributed by atoms with Crippen molar-refractivity contribution in [3.63, 3.8) is 0 Å². The highest BCUT2D eigenvalue weighted by Crippen LogP contribution is 2.36. The molecule has 0 aliphatic heterocycles. The first kappa shape index (κ1) is 8.78. The maximum absolute atomic E-state index is 9.50. The van der Waals surface area contributed by atoms with E-state index in [-0.39, 0.29) is 5.75 Å². The summed E-state index contributed by atoms with van der Waals surface area (Å²) in [7, 11) is 0. The molecule has 0 saturated heterocycles. The molecule has 0 unspecified atom stereocenters. The average Bonchev–Trinajstić information content (AvgIpc) is 2.45. The predicted molar refractivity (Wildman–Crippen MR) is 60.9 cm³/mol. The summed E-state index contributed by atoms with van der Waals surface area (Å²) in [4.78, 5) is 0.664. The summed E-state index contributed by atoms with van der Waals surface area (Å²) in [6, 6.07) is 7.44. The van der Waals surface area contributed by atoms with Gasteiger partial charge in [-0.05, 0) is 28.7 Å². The number of fused-ring (bicyclic) bond motifs is 1. The minimum atomic E-state index is 0.252. The van der Waals surface area contributed by atoms with Crippen molar-refractivity contribution >= 4 is 44.0 Å². The van der Waals surface area contributed by atoms with Crippen LogP contribution in [0.5, 0.6) is 5.75 Å². The quantitative estimate of drug-likeness (QED) is 0.760. The minimum absolute atomic E-state index is 0.252. The van der Waals surface area contributed by atoms with Gasteiger partial charge in [0.15, 0.2) is 0 Å². The second-order valence-electron chi connectivity index (χ2n) is 2.51. The molecule has 0 aliphatic carbocycles. The van der Waals surface area contributed by atoms with Crippen LogP contribution >= 0.6 is 33.9 Å². The predicted octanol–water partition coefficient (Wildman–Crippen LogP) is 3.08. The number of halogens is 1. The lowest BCUT2D eigenvalue weighted by atomic mass is 10.2.